The first-order valence-electron chi connectivity index (χ1n) is 27.4. The quantitative estimate of drug-likeness (QED) is 0.0654. The third-order valence-corrected chi connectivity index (χ3v) is 13.9. The number of carboxylic acids is 1. The third kappa shape index (κ3) is 27.6. The Morgan fingerprint density at radius 3 is 1.33 bits per heavy atom. The molecule has 5 atom stereocenters. The van der Waals surface area contributed by atoms with Gasteiger partial charge in [0.05, 0.1) is 23.7 Å². The fourth-order valence-corrected chi connectivity index (χ4v) is 8.91. The monoisotopic (exact) mass is 1020 g/mol. The standard InChI is InChI=1S/C16H30N2O3.C14H26N2O2.C12H22N2O3.C11H20N2O3/c1-3-5-7-13(4-2)12-21-9-6-8-18-11-14(16(17)20)10-15(18)19;1-11(2)7-5-3-4-6-8-16-10-12(14(15)18)9-13(16)17;1-2-3-6-17-7-4-5-14-9-10(12(13)16)8-11(14)15;1-3-12(4-2)5-6-13-8-9(11(15)16)7-10(13)14/h13-14H,3-12H2,1-2H3,(H2,17,20);11-12H,3-10H2,1-2H3,(H2,15,18);10H,2-9H2,1H3,(H2,13,16);9H,3-8H2,1-2H3,(H,15,16). The summed E-state index contributed by atoms with van der Waals surface area (Å²) in [5.74, 6) is -1.79. The Morgan fingerprint density at radius 1 is 0.542 bits per heavy atom. The average molecular weight is 1020 g/mol. The van der Waals surface area contributed by atoms with E-state index in [1.54, 1.807) is 19.6 Å². The highest BCUT2D eigenvalue weighted by Crippen LogP contribution is 2.21. The SMILES string of the molecule is CC(C)CCCCCCN1CC(C(N)=O)CC1=O.CCCCC(CC)COCCCN1CC(C(N)=O)CC1=O.CCCCOCCCN1CC(C(N)=O)CC1=O.CCN(CC)CCN1CC(C(=O)O)CC1=O. The molecule has 7 amide bonds. The third-order valence-electron chi connectivity index (χ3n) is 13.9. The van der Waals surface area contributed by atoms with Crippen molar-refractivity contribution in [1.82, 2.24) is 24.5 Å². The van der Waals surface area contributed by atoms with E-state index in [-0.39, 0.29) is 78.4 Å². The van der Waals surface area contributed by atoms with Crippen molar-refractivity contribution >= 4 is 47.3 Å². The van der Waals surface area contributed by atoms with Crippen molar-refractivity contribution in [3.8, 4) is 0 Å². The molecule has 19 nitrogen and oxygen atoms in total. The van der Waals surface area contributed by atoms with Gasteiger partial charge in [-0.25, -0.2) is 0 Å². The number of hydrogen-bond donors (Lipinski definition) is 4. The van der Waals surface area contributed by atoms with Gasteiger partial charge in [0, 0.05) is 111 Å². The van der Waals surface area contributed by atoms with Crippen LogP contribution in [-0.4, -0.2) is 175 Å². The van der Waals surface area contributed by atoms with Crippen LogP contribution in [0.1, 0.15) is 158 Å². The van der Waals surface area contributed by atoms with E-state index >= 15 is 0 Å². The largest absolute Gasteiger partial charge is 0.481 e. The van der Waals surface area contributed by atoms with Crippen LogP contribution in [0.2, 0.25) is 0 Å². The second kappa shape index (κ2) is 38.3. The van der Waals surface area contributed by atoms with E-state index in [2.05, 4.69) is 53.4 Å². The van der Waals surface area contributed by atoms with Crippen LogP contribution < -0.4 is 17.2 Å². The molecule has 4 rings (SSSR count). The number of unbranched alkanes of at least 4 members (excludes halogenated alkanes) is 5. The van der Waals surface area contributed by atoms with Crippen LogP contribution in [-0.2, 0) is 47.8 Å². The number of aliphatic carboxylic acids is 1. The van der Waals surface area contributed by atoms with E-state index < -0.39 is 11.9 Å². The van der Waals surface area contributed by atoms with Gasteiger partial charge in [0.2, 0.25) is 41.4 Å². The number of carbonyl (C=O) groups is 8. The molecule has 416 valence electrons. The normalized spacial score (nSPS) is 20.1. The summed E-state index contributed by atoms with van der Waals surface area (Å²) in [5.41, 5.74) is 15.7. The molecule has 0 saturated carbocycles. The zero-order valence-electron chi connectivity index (χ0n) is 45.6. The highest BCUT2D eigenvalue weighted by atomic mass is 16.5. The Kier molecular flexibility index (Phi) is 34.9. The van der Waals surface area contributed by atoms with Gasteiger partial charge in [-0.3, -0.25) is 38.4 Å². The summed E-state index contributed by atoms with van der Waals surface area (Å²) in [6.45, 7) is 25.5. The average Bonchev–Trinajstić information content (AvgIpc) is 4.13. The second-order valence-electron chi connectivity index (χ2n) is 20.3. The van der Waals surface area contributed by atoms with Gasteiger partial charge in [-0.2, -0.15) is 0 Å². The molecule has 4 fully saturated rings. The number of ether oxygens (including phenoxy) is 2. The Hall–Kier alpha value is -4.36. The minimum Gasteiger partial charge on any atom is -0.481 e. The molecule has 0 aromatic heterocycles. The van der Waals surface area contributed by atoms with Crippen molar-refractivity contribution in [2.45, 2.75) is 158 Å². The molecular weight excluding hydrogens is 925 g/mol. The summed E-state index contributed by atoms with van der Waals surface area (Å²) in [6.07, 6.45) is 15.7. The van der Waals surface area contributed by atoms with Crippen LogP contribution in [0.3, 0.4) is 0 Å². The second-order valence-corrected chi connectivity index (χ2v) is 20.3. The van der Waals surface area contributed by atoms with Gasteiger partial charge in [0.25, 0.3) is 0 Å². The molecule has 0 radical (unpaired) electrons. The molecule has 7 N–H and O–H groups in total. The topological polar surface area (TPSA) is 270 Å². The number of likely N-dealkylation sites (tertiary alicyclic amines) is 4. The number of amides is 7. The first-order valence-corrected chi connectivity index (χ1v) is 27.4. The summed E-state index contributed by atoms with van der Waals surface area (Å²) < 4.78 is 11.1. The van der Waals surface area contributed by atoms with Gasteiger partial charge in [-0.15, -0.1) is 0 Å². The Balaban J connectivity index is 0.000000482. The predicted octanol–water partition coefficient (Wildman–Crippen LogP) is 4.66. The molecule has 0 aromatic carbocycles. The number of hydrogen-bond acceptors (Lipinski definition) is 11. The van der Waals surface area contributed by atoms with E-state index in [9.17, 15) is 38.4 Å². The number of carbonyl (C=O) groups excluding carboxylic acids is 7. The molecular formula is C53H98N8O11. The van der Waals surface area contributed by atoms with Gasteiger partial charge in [0.15, 0.2) is 0 Å². The van der Waals surface area contributed by atoms with Crippen LogP contribution in [0.5, 0.6) is 0 Å². The number of carboxylic acid groups (broad SMARTS) is 1. The molecule has 5 unspecified atom stereocenters. The zero-order valence-corrected chi connectivity index (χ0v) is 45.6. The van der Waals surface area contributed by atoms with Crippen molar-refractivity contribution in [2.24, 2.45) is 52.7 Å². The van der Waals surface area contributed by atoms with E-state index in [4.69, 9.17) is 31.8 Å². The highest BCUT2D eigenvalue weighted by molar-refractivity contribution is 5.90. The molecule has 4 aliphatic rings. The van der Waals surface area contributed by atoms with Crippen LogP contribution >= 0.6 is 0 Å². The first-order chi connectivity index (χ1) is 34.3. The van der Waals surface area contributed by atoms with Gasteiger partial charge in [0.1, 0.15) is 0 Å². The van der Waals surface area contributed by atoms with E-state index in [0.717, 1.165) is 90.3 Å². The first kappa shape index (κ1) is 65.7. The summed E-state index contributed by atoms with van der Waals surface area (Å²) in [7, 11) is 0. The number of primary amides is 3. The van der Waals surface area contributed by atoms with E-state index in [0.29, 0.717) is 71.4 Å². The van der Waals surface area contributed by atoms with E-state index in [1.807, 2.05) is 0 Å². The lowest BCUT2D eigenvalue weighted by Gasteiger charge is -2.22. The lowest BCUT2D eigenvalue weighted by molar-refractivity contribution is -0.141. The fraction of sp³-hybridized carbons (Fsp3) is 0.849. The number of likely N-dealkylation sites (N-methyl/N-ethyl adjacent to an activating group) is 1. The molecule has 0 aliphatic carbocycles. The van der Waals surface area contributed by atoms with Crippen molar-refractivity contribution in [2.75, 3.05) is 98.4 Å². The highest BCUT2D eigenvalue weighted by Gasteiger charge is 2.35. The van der Waals surface area contributed by atoms with Gasteiger partial charge in [-0.1, -0.05) is 99.8 Å². The molecule has 4 heterocycles. The van der Waals surface area contributed by atoms with Gasteiger partial charge in [-0.05, 0) is 57.0 Å². The van der Waals surface area contributed by atoms with Crippen LogP contribution in [0.15, 0.2) is 0 Å². The number of rotatable bonds is 33. The maximum atomic E-state index is 11.7. The lowest BCUT2D eigenvalue weighted by atomic mass is 10.0. The van der Waals surface area contributed by atoms with Gasteiger partial charge >= 0.3 is 5.97 Å². The molecule has 4 saturated heterocycles. The molecule has 0 aromatic rings. The lowest BCUT2D eigenvalue weighted by Crippen LogP contribution is -2.36. The van der Waals surface area contributed by atoms with E-state index in [1.165, 1.54) is 38.5 Å². The molecule has 19 heteroatoms. The van der Waals surface area contributed by atoms with Crippen molar-refractivity contribution in [3.05, 3.63) is 0 Å². The smallest absolute Gasteiger partial charge is 0.308 e. The van der Waals surface area contributed by atoms with Crippen LogP contribution in [0.4, 0.5) is 0 Å². The number of nitrogens with two attached hydrogens (primary N) is 3. The van der Waals surface area contributed by atoms with Gasteiger partial charge < -0.3 is 56.3 Å². The molecule has 72 heavy (non-hydrogen) atoms. The maximum Gasteiger partial charge on any atom is 0.308 e. The van der Waals surface area contributed by atoms with Crippen molar-refractivity contribution < 1.29 is 52.9 Å². The fourth-order valence-electron chi connectivity index (χ4n) is 8.91. The van der Waals surface area contributed by atoms with Crippen molar-refractivity contribution in [1.29, 1.82) is 0 Å². The Bertz CT molecular complexity index is 1620. The summed E-state index contributed by atoms with van der Waals surface area (Å²) >= 11 is 0. The minimum atomic E-state index is -0.862. The van der Waals surface area contributed by atoms with Crippen LogP contribution in [0.25, 0.3) is 0 Å². The molecule has 4 aliphatic heterocycles. The van der Waals surface area contributed by atoms with Crippen LogP contribution in [0, 0.1) is 35.5 Å². The summed E-state index contributed by atoms with van der Waals surface area (Å²) in [4.78, 5) is 99.3. The Morgan fingerprint density at radius 2 is 0.944 bits per heavy atom. The molecule has 0 bridgehead atoms. The Labute approximate surface area is 432 Å². The predicted molar refractivity (Wildman–Crippen MR) is 279 cm³/mol. The summed E-state index contributed by atoms with van der Waals surface area (Å²) in [5, 5.41) is 8.83. The number of nitrogens with zero attached hydrogens (tertiary/aromatic N) is 5. The maximum absolute atomic E-state index is 11.7. The van der Waals surface area contributed by atoms with Crippen molar-refractivity contribution in [3.63, 3.8) is 0 Å². The zero-order chi connectivity index (χ0) is 54.0. The summed E-state index contributed by atoms with van der Waals surface area (Å²) in [6, 6.07) is 0. The molecule has 0 spiro atoms. The minimum absolute atomic E-state index is 0.0282.